The number of ether oxygens (including phenoxy) is 1. The first-order chi connectivity index (χ1) is 11.1. The number of benzene rings is 1. The Labute approximate surface area is 146 Å². The van der Waals surface area contributed by atoms with E-state index >= 15 is 0 Å². The molecule has 1 aromatic carbocycles. The maximum atomic E-state index is 12.2. The molecule has 0 radical (unpaired) electrons. The van der Waals surface area contributed by atoms with Crippen molar-refractivity contribution in [2.24, 2.45) is 0 Å². The largest absolute Gasteiger partial charge is 0.449 e. The van der Waals surface area contributed by atoms with Crippen LogP contribution in [0.2, 0.25) is 5.02 Å². The van der Waals surface area contributed by atoms with Crippen LogP contribution in [0, 0.1) is 0 Å². The molecule has 2 rings (SSSR count). The summed E-state index contributed by atoms with van der Waals surface area (Å²) in [6.07, 6.45) is 0.842. The van der Waals surface area contributed by atoms with Gasteiger partial charge in [-0.05, 0) is 38.0 Å². The molecular weight excluding hydrogens is 356 g/mol. The monoisotopic (exact) mass is 374 g/mol. The van der Waals surface area contributed by atoms with Crippen LogP contribution in [-0.4, -0.2) is 50.8 Å². The van der Waals surface area contributed by atoms with Crippen molar-refractivity contribution in [3.63, 3.8) is 0 Å². The average molecular weight is 375 g/mol. The number of carbonyl (C=O) groups is 2. The lowest BCUT2D eigenvalue weighted by Crippen LogP contribution is -2.37. The lowest BCUT2D eigenvalue weighted by Gasteiger charge is -2.15. The van der Waals surface area contributed by atoms with Crippen LogP contribution in [0.5, 0.6) is 0 Å². The highest BCUT2D eigenvalue weighted by atomic mass is 35.5. The van der Waals surface area contributed by atoms with Gasteiger partial charge in [0, 0.05) is 20.1 Å². The molecule has 24 heavy (non-hydrogen) atoms. The van der Waals surface area contributed by atoms with Crippen LogP contribution in [0.3, 0.4) is 0 Å². The van der Waals surface area contributed by atoms with Crippen molar-refractivity contribution >= 4 is 33.5 Å². The van der Waals surface area contributed by atoms with Crippen LogP contribution >= 0.6 is 11.6 Å². The third-order valence-electron chi connectivity index (χ3n) is 3.51. The maximum Gasteiger partial charge on any atom is 0.340 e. The molecule has 9 heteroatoms. The van der Waals surface area contributed by atoms with Gasteiger partial charge in [0.05, 0.1) is 15.5 Å². The van der Waals surface area contributed by atoms with Crippen LogP contribution in [0.25, 0.3) is 0 Å². The molecule has 1 fully saturated rings. The number of hydrogen-bond donors (Lipinski definition) is 1. The number of halogens is 1. The van der Waals surface area contributed by atoms with Crippen LogP contribution < -0.4 is 5.32 Å². The Balaban J connectivity index is 2.17. The minimum Gasteiger partial charge on any atom is -0.449 e. The normalized spacial score (nSPS) is 15.9. The molecule has 1 atom stereocenters. The smallest absolute Gasteiger partial charge is 0.340 e. The average Bonchev–Trinajstić information content (AvgIpc) is 3.30. The fourth-order valence-electron chi connectivity index (χ4n) is 1.86. The van der Waals surface area contributed by atoms with Gasteiger partial charge in [-0.2, -0.15) is 0 Å². The van der Waals surface area contributed by atoms with E-state index in [0.29, 0.717) is 0 Å². The van der Waals surface area contributed by atoms with E-state index in [-0.39, 0.29) is 27.4 Å². The molecule has 0 saturated heterocycles. The quantitative estimate of drug-likeness (QED) is 0.760. The molecule has 132 valence electrons. The van der Waals surface area contributed by atoms with Gasteiger partial charge in [-0.25, -0.2) is 17.5 Å². The van der Waals surface area contributed by atoms with E-state index in [4.69, 9.17) is 16.3 Å². The fourth-order valence-corrected chi connectivity index (χ4v) is 2.98. The molecule has 0 aliphatic heterocycles. The van der Waals surface area contributed by atoms with Gasteiger partial charge in [-0.15, -0.1) is 0 Å². The summed E-state index contributed by atoms with van der Waals surface area (Å²) in [6.45, 7) is 1.45. The van der Waals surface area contributed by atoms with E-state index in [1.165, 1.54) is 33.2 Å². The second kappa shape index (κ2) is 7.08. The Bertz CT molecular complexity index is 759. The Morgan fingerprint density at radius 1 is 1.33 bits per heavy atom. The predicted molar refractivity (Wildman–Crippen MR) is 88.4 cm³/mol. The number of rotatable bonds is 6. The van der Waals surface area contributed by atoms with Crippen LogP contribution in [0.1, 0.15) is 30.1 Å². The summed E-state index contributed by atoms with van der Waals surface area (Å²) in [7, 11) is -0.952. The molecule has 1 amide bonds. The van der Waals surface area contributed by atoms with Crippen LogP contribution in [-0.2, 0) is 19.6 Å². The Kier molecular flexibility index (Phi) is 5.52. The van der Waals surface area contributed by atoms with Crippen molar-refractivity contribution in [3.8, 4) is 0 Å². The van der Waals surface area contributed by atoms with E-state index in [9.17, 15) is 18.0 Å². The number of nitrogens with one attached hydrogen (secondary N) is 1. The van der Waals surface area contributed by atoms with Crippen molar-refractivity contribution in [2.45, 2.75) is 36.8 Å². The molecule has 7 nitrogen and oxygen atoms in total. The topological polar surface area (TPSA) is 92.8 Å². The lowest BCUT2D eigenvalue weighted by molar-refractivity contribution is -0.129. The van der Waals surface area contributed by atoms with Gasteiger partial charge in [-0.3, -0.25) is 4.79 Å². The molecular formula is C15H19ClN2O5S. The molecule has 0 heterocycles. The molecule has 0 unspecified atom stereocenters. The first-order valence-electron chi connectivity index (χ1n) is 7.36. The van der Waals surface area contributed by atoms with Gasteiger partial charge in [0.25, 0.3) is 5.91 Å². The second-order valence-electron chi connectivity index (χ2n) is 5.76. The van der Waals surface area contributed by atoms with Crippen LogP contribution in [0.4, 0.5) is 0 Å². The number of amides is 1. The second-order valence-corrected chi connectivity index (χ2v) is 8.32. The summed E-state index contributed by atoms with van der Waals surface area (Å²) in [4.78, 5) is 24.0. The van der Waals surface area contributed by atoms with Gasteiger partial charge in [-0.1, -0.05) is 11.6 Å². The minimum absolute atomic E-state index is 0.0486. The van der Waals surface area contributed by atoms with Gasteiger partial charge in [0.2, 0.25) is 10.0 Å². The van der Waals surface area contributed by atoms with Gasteiger partial charge in [0.1, 0.15) is 0 Å². The summed E-state index contributed by atoms with van der Waals surface area (Å²) in [5, 5.41) is 2.77. The molecule has 1 aromatic rings. The van der Waals surface area contributed by atoms with E-state index < -0.39 is 22.1 Å². The predicted octanol–water partition coefficient (Wildman–Crippen LogP) is 1.41. The summed E-state index contributed by atoms with van der Waals surface area (Å²) in [5.41, 5.74) is -0.106. The zero-order valence-electron chi connectivity index (χ0n) is 13.6. The Hall–Kier alpha value is -1.64. The SMILES string of the molecule is C[C@@H](OC(=O)c1cc(S(=O)(=O)N(C)C)ccc1Cl)C(=O)NC1CC1. The maximum absolute atomic E-state index is 12.2. The molecule has 0 bridgehead atoms. The molecule has 0 aromatic heterocycles. The minimum atomic E-state index is -3.71. The fraction of sp³-hybridized carbons (Fsp3) is 0.467. The number of esters is 1. The third-order valence-corrected chi connectivity index (χ3v) is 5.65. The summed E-state index contributed by atoms with van der Waals surface area (Å²) in [6, 6.07) is 3.91. The zero-order chi connectivity index (χ0) is 18.1. The van der Waals surface area contributed by atoms with Crippen molar-refractivity contribution in [3.05, 3.63) is 28.8 Å². The van der Waals surface area contributed by atoms with Crippen molar-refractivity contribution in [2.75, 3.05) is 14.1 Å². The number of carbonyl (C=O) groups excluding carboxylic acids is 2. The first kappa shape index (κ1) is 18.7. The van der Waals surface area contributed by atoms with Crippen molar-refractivity contribution in [1.82, 2.24) is 9.62 Å². The van der Waals surface area contributed by atoms with E-state index in [1.807, 2.05) is 0 Å². The highest BCUT2D eigenvalue weighted by Crippen LogP contribution is 2.23. The van der Waals surface area contributed by atoms with Crippen molar-refractivity contribution in [1.29, 1.82) is 0 Å². The highest BCUT2D eigenvalue weighted by Gasteiger charge is 2.28. The Morgan fingerprint density at radius 3 is 2.50 bits per heavy atom. The molecule has 1 aliphatic rings. The highest BCUT2D eigenvalue weighted by molar-refractivity contribution is 7.89. The molecule has 1 N–H and O–H groups in total. The summed E-state index contributed by atoms with van der Waals surface area (Å²) in [5.74, 6) is -1.24. The van der Waals surface area contributed by atoms with Gasteiger partial charge in [0.15, 0.2) is 6.10 Å². The van der Waals surface area contributed by atoms with E-state index in [1.54, 1.807) is 0 Å². The van der Waals surface area contributed by atoms with Gasteiger partial charge >= 0.3 is 5.97 Å². The van der Waals surface area contributed by atoms with E-state index in [2.05, 4.69) is 5.32 Å². The molecule has 1 saturated carbocycles. The van der Waals surface area contributed by atoms with Crippen LogP contribution in [0.15, 0.2) is 23.1 Å². The lowest BCUT2D eigenvalue weighted by atomic mass is 10.2. The summed E-state index contributed by atoms with van der Waals surface area (Å²) >= 11 is 5.97. The number of nitrogens with zero attached hydrogens (tertiary/aromatic N) is 1. The zero-order valence-corrected chi connectivity index (χ0v) is 15.1. The van der Waals surface area contributed by atoms with Gasteiger partial charge < -0.3 is 10.1 Å². The summed E-state index contributed by atoms with van der Waals surface area (Å²) < 4.78 is 30.4. The first-order valence-corrected chi connectivity index (χ1v) is 9.18. The van der Waals surface area contributed by atoms with E-state index in [0.717, 1.165) is 23.2 Å². The number of hydrogen-bond acceptors (Lipinski definition) is 5. The number of sulfonamides is 1. The Morgan fingerprint density at radius 2 is 1.96 bits per heavy atom. The molecule has 1 aliphatic carbocycles. The molecule has 0 spiro atoms. The van der Waals surface area contributed by atoms with Crippen molar-refractivity contribution < 1.29 is 22.7 Å². The third kappa shape index (κ3) is 4.25. The standard InChI is InChI=1S/C15H19ClN2O5S/c1-9(14(19)17-10-4-5-10)23-15(20)12-8-11(6-7-13(12)16)24(21,22)18(2)3/h6-10H,4-5H2,1-3H3,(H,17,19)/t9-/m1/s1.